The second kappa shape index (κ2) is 7.23. The van der Waals surface area contributed by atoms with Crippen molar-refractivity contribution in [1.82, 2.24) is 0 Å². The van der Waals surface area contributed by atoms with Crippen molar-refractivity contribution in [1.29, 1.82) is 0 Å². The quantitative estimate of drug-likeness (QED) is 0.581. The van der Waals surface area contributed by atoms with Crippen LogP contribution in [0.4, 0.5) is 0 Å². The first kappa shape index (κ1) is 15.3. The molecule has 12 heavy (non-hydrogen) atoms. The van der Waals surface area contributed by atoms with Crippen LogP contribution in [0.3, 0.4) is 0 Å². The van der Waals surface area contributed by atoms with Gasteiger partial charge in [0.25, 0.3) is 0 Å². The van der Waals surface area contributed by atoms with Crippen LogP contribution in [-0.4, -0.2) is 5.54 Å². The van der Waals surface area contributed by atoms with E-state index in [-0.39, 0.29) is 38.2 Å². The van der Waals surface area contributed by atoms with Gasteiger partial charge in [-0.2, -0.15) is 6.42 Å². The molecule has 0 aromatic rings. The molecule has 0 aliphatic heterocycles. The normalized spacial score (nSPS) is 14.7. The fourth-order valence-electron chi connectivity index (χ4n) is 0.867. The van der Waals surface area contributed by atoms with Crippen LogP contribution in [0, 0.1) is 13.8 Å². The molecule has 0 spiro atoms. The van der Waals surface area contributed by atoms with Crippen LogP contribution in [-0.2, 0) is 32.7 Å². The van der Waals surface area contributed by atoms with Crippen LogP contribution in [0.5, 0.6) is 0 Å². The summed E-state index contributed by atoms with van der Waals surface area (Å²) in [5, 5.41) is 0. The molecule has 0 aliphatic carbocycles. The first-order valence-corrected chi connectivity index (χ1v) is 4.06. The molecule has 0 saturated carbocycles. The Morgan fingerprint density at radius 3 is 2.42 bits per heavy atom. The Balaban J connectivity index is 0. The molecule has 0 saturated heterocycles. The van der Waals surface area contributed by atoms with Gasteiger partial charge in [-0.15, -0.1) is 12.1 Å². The second-order valence-corrected chi connectivity index (χ2v) is 3.42. The zero-order chi connectivity index (χ0) is 8.91. The Morgan fingerprint density at radius 2 is 2.08 bits per heavy atom. The molecule has 0 aliphatic rings. The molecular weight excluding hydrogens is 223 g/mol. The second-order valence-electron chi connectivity index (χ2n) is 3.42. The summed E-state index contributed by atoms with van der Waals surface area (Å²) in [5.41, 5.74) is 6.69. The van der Waals surface area contributed by atoms with Crippen LogP contribution in [0.1, 0.15) is 32.6 Å². The average molecular weight is 242 g/mol. The van der Waals surface area contributed by atoms with Crippen molar-refractivity contribution in [3.8, 4) is 0 Å². The van der Waals surface area contributed by atoms with Crippen molar-refractivity contribution in [2.24, 2.45) is 5.73 Å². The summed E-state index contributed by atoms with van der Waals surface area (Å²) in [6.45, 7) is 13.5. The third-order valence-corrected chi connectivity index (χ3v) is 1.78. The van der Waals surface area contributed by atoms with Crippen LogP contribution in [0.15, 0.2) is 12.2 Å². The van der Waals surface area contributed by atoms with Gasteiger partial charge in [-0.1, -0.05) is 18.4 Å². The van der Waals surface area contributed by atoms with Crippen molar-refractivity contribution >= 4 is 0 Å². The van der Waals surface area contributed by atoms with Crippen molar-refractivity contribution in [2.75, 3.05) is 0 Å². The summed E-state index contributed by atoms with van der Waals surface area (Å²) < 4.78 is 0. The van der Waals surface area contributed by atoms with E-state index in [2.05, 4.69) is 20.4 Å². The van der Waals surface area contributed by atoms with Crippen LogP contribution in [0.2, 0.25) is 0 Å². The molecule has 0 aromatic carbocycles. The van der Waals surface area contributed by atoms with Crippen molar-refractivity contribution in [3.63, 3.8) is 0 Å². The molecular formula is C10H19NY-2. The molecule has 0 aromatic heterocycles. The molecule has 0 bridgehead atoms. The maximum atomic E-state index is 5.80. The van der Waals surface area contributed by atoms with Gasteiger partial charge >= 0.3 is 0 Å². The van der Waals surface area contributed by atoms with E-state index in [0.717, 1.165) is 19.3 Å². The monoisotopic (exact) mass is 242 g/mol. The third kappa shape index (κ3) is 8.90. The van der Waals surface area contributed by atoms with Gasteiger partial charge in [-0.3, -0.25) is 0 Å². The van der Waals surface area contributed by atoms with Gasteiger partial charge in [0, 0.05) is 32.7 Å². The third-order valence-electron chi connectivity index (χ3n) is 1.78. The SMILES string of the molecule is C=C(C)CCCC([CH2-])(N)C[CH2-].[Y]. The molecule has 1 nitrogen and oxygen atoms in total. The minimum Gasteiger partial charge on any atom is -0.356 e. The molecule has 1 unspecified atom stereocenters. The predicted molar refractivity (Wildman–Crippen MR) is 50.9 cm³/mol. The zero-order valence-corrected chi connectivity index (χ0v) is 10.9. The van der Waals surface area contributed by atoms with E-state index in [1.54, 1.807) is 0 Å². The van der Waals surface area contributed by atoms with E-state index in [0.29, 0.717) is 6.42 Å². The Kier molecular flexibility index (Phi) is 9.21. The number of rotatable bonds is 5. The van der Waals surface area contributed by atoms with Gasteiger partial charge in [-0.25, -0.2) is 0 Å². The number of allylic oxidation sites excluding steroid dienone is 1. The Bertz CT molecular complexity index is 130. The fraction of sp³-hybridized carbons (Fsp3) is 0.600. The smallest absolute Gasteiger partial charge is 0 e. The first-order chi connectivity index (χ1) is 4.98. The van der Waals surface area contributed by atoms with Crippen molar-refractivity contribution in [3.05, 3.63) is 26.0 Å². The van der Waals surface area contributed by atoms with Crippen LogP contribution < -0.4 is 5.73 Å². The van der Waals surface area contributed by atoms with E-state index in [4.69, 9.17) is 5.73 Å². The summed E-state index contributed by atoms with van der Waals surface area (Å²) in [6.07, 6.45) is 3.76. The topological polar surface area (TPSA) is 26.0 Å². The van der Waals surface area contributed by atoms with Crippen molar-refractivity contribution < 1.29 is 32.7 Å². The molecule has 2 N–H and O–H groups in total. The average Bonchev–Trinajstić information content (AvgIpc) is 1.87. The maximum Gasteiger partial charge on any atom is 0 e. The number of hydrogen-bond donors (Lipinski definition) is 1. The summed E-state index contributed by atoms with van der Waals surface area (Å²) in [6, 6.07) is 0. The number of hydrogen-bond acceptors (Lipinski definition) is 1. The Hall–Kier alpha value is 0.804. The molecule has 1 atom stereocenters. The molecule has 0 fully saturated rings. The van der Waals surface area contributed by atoms with Gasteiger partial charge in [0.1, 0.15) is 0 Å². The molecule has 0 heterocycles. The van der Waals surface area contributed by atoms with Crippen LogP contribution >= 0.6 is 0 Å². The summed E-state index contributed by atoms with van der Waals surface area (Å²) >= 11 is 0. The van der Waals surface area contributed by atoms with Gasteiger partial charge in [0.05, 0.1) is 0 Å². The summed E-state index contributed by atoms with van der Waals surface area (Å²) in [4.78, 5) is 0. The zero-order valence-electron chi connectivity index (χ0n) is 8.10. The largest absolute Gasteiger partial charge is 0.356 e. The van der Waals surface area contributed by atoms with Gasteiger partial charge in [-0.05, 0) is 13.3 Å². The van der Waals surface area contributed by atoms with Gasteiger partial charge in [0.15, 0.2) is 0 Å². The van der Waals surface area contributed by atoms with E-state index in [9.17, 15) is 0 Å². The van der Waals surface area contributed by atoms with Gasteiger partial charge in [0.2, 0.25) is 0 Å². The van der Waals surface area contributed by atoms with Crippen molar-refractivity contribution in [2.45, 2.75) is 38.1 Å². The van der Waals surface area contributed by atoms with E-state index in [1.165, 1.54) is 5.57 Å². The standard InChI is InChI=1S/C10H19N.Y/c1-5-10(4,11)8-6-7-9(2)3;/h1-2,4-8,11H2,3H3;/q-2;. The first-order valence-electron chi connectivity index (χ1n) is 4.06. The minimum absolute atomic E-state index is 0. The van der Waals surface area contributed by atoms with Crippen LogP contribution in [0.25, 0.3) is 0 Å². The van der Waals surface area contributed by atoms with E-state index < -0.39 is 0 Å². The van der Waals surface area contributed by atoms with E-state index in [1.807, 2.05) is 6.92 Å². The predicted octanol–water partition coefficient (Wildman–Crippen LogP) is 2.49. The molecule has 2 heteroatoms. The summed E-state index contributed by atoms with van der Waals surface area (Å²) in [7, 11) is 0. The summed E-state index contributed by atoms with van der Waals surface area (Å²) in [5.74, 6) is 0. The molecule has 1 radical (unpaired) electrons. The Morgan fingerprint density at radius 1 is 1.58 bits per heavy atom. The molecule has 0 rings (SSSR count). The van der Waals surface area contributed by atoms with Gasteiger partial charge < -0.3 is 19.6 Å². The minimum atomic E-state index is -0.324. The molecule has 69 valence electrons. The fourth-order valence-corrected chi connectivity index (χ4v) is 0.867. The molecule has 0 amide bonds. The Labute approximate surface area is 102 Å². The number of nitrogens with two attached hydrogens (primary N) is 1. The van der Waals surface area contributed by atoms with E-state index >= 15 is 0 Å². The maximum absolute atomic E-state index is 5.80.